The molecule has 2 aromatic rings. The van der Waals surface area contributed by atoms with Gasteiger partial charge in [-0.15, -0.1) is 0 Å². The molecule has 1 aromatic heterocycles. The molecule has 0 aliphatic heterocycles. The second kappa shape index (κ2) is 9.93. The molecule has 2 rings (SSSR count). The van der Waals surface area contributed by atoms with Gasteiger partial charge >= 0.3 is 12.1 Å². The van der Waals surface area contributed by atoms with Crippen molar-refractivity contribution in [3.63, 3.8) is 0 Å². The number of esters is 1. The van der Waals surface area contributed by atoms with E-state index in [4.69, 9.17) is 9.47 Å². The number of hydrogen-bond acceptors (Lipinski definition) is 5. The van der Waals surface area contributed by atoms with Gasteiger partial charge in [0.2, 0.25) is 0 Å². The summed E-state index contributed by atoms with van der Waals surface area (Å²) >= 11 is 1.46. The number of thiophene rings is 1. The van der Waals surface area contributed by atoms with Gasteiger partial charge in [-0.2, -0.15) is 24.5 Å². The third-order valence-electron chi connectivity index (χ3n) is 3.34. The van der Waals surface area contributed by atoms with Crippen LogP contribution in [0.25, 0.3) is 6.08 Å². The number of anilines is 1. The maximum atomic E-state index is 12.9. The van der Waals surface area contributed by atoms with Gasteiger partial charge in [0.1, 0.15) is 5.75 Å². The largest absolute Gasteiger partial charge is 0.491 e. The van der Waals surface area contributed by atoms with Crippen molar-refractivity contribution in [2.24, 2.45) is 0 Å². The summed E-state index contributed by atoms with van der Waals surface area (Å²) < 4.78 is 48.9. The van der Waals surface area contributed by atoms with E-state index in [0.717, 1.165) is 29.8 Å². The Bertz CT molecular complexity index is 832. The van der Waals surface area contributed by atoms with E-state index in [-0.39, 0.29) is 18.0 Å². The maximum Gasteiger partial charge on any atom is 0.416 e. The first-order chi connectivity index (χ1) is 13.3. The second-order valence-corrected chi connectivity index (χ2v) is 6.38. The molecular formula is C19H18F3NO4S. The summed E-state index contributed by atoms with van der Waals surface area (Å²) in [5, 5.41) is 5.95. The highest BCUT2D eigenvalue weighted by molar-refractivity contribution is 7.08. The number of carbonyl (C=O) groups excluding carboxylic acids is 2. The molecule has 0 unspecified atom stereocenters. The van der Waals surface area contributed by atoms with Crippen LogP contribution in [0.1, 0.15) is 24.5 Å². The zero-order valence-electron chi connectivity index (χ0n) is 14.9. The first-order valence-electron chi connectivity index (χ1n) is 8.30. The number of amides is 1. The first kappa shape index (κ1) is 21.5. The van der Waals surface area contributed by atoms with Gasteiger partial charge in [0, 0.05) is 6.08 Å². The third kappa shape index (κ3) is 6.73. The zero-order chi connectivity index (χ0) is 20.6. The van der Waals surface area contributed by atoms with E-state index in [9.17, 15) is 22.8 Å². The van der Waals surface area contributed by atoms with Crippen LogP contribution in [0.5, 0.6) is 5.75 Å². The quantitative estimate of drug-likeness (QED) is 0.501. The molecule has 0 spiro atoms. The van der Waals surface area contributed by atoms with Gasteiger partial charge in [0.15, 0.2) is 6.61 Å². The lowest BCUT2D eigenvalue weighted by Gasteiger charge is -2.15. The summed E-state index contributed by atoms with van der Waals surface area (Å²) in [6.45, 7) is 1.47. The van der Waals surface area contributed by atoms with E-state index in [1.165, 1.54) is 17.4 Å². The van der Waals surface area contributed by atoms with Crippen molar-refractivity contribution in [2.75, 3.05) is 18.5 Å². The van der Waals surface area contributed by atoms with Gasteiger partial charge in [0.05, 0.1) is 17.9 Å². The number of nitrogens with one attached hydrogen (secondary N) is 1. The highest BCUT2D eigenvalue weighted by atomic mass is 32.1. The molecule has 0 aliphatic rings. The molecule has 0 aliphatic carbocycles. The smallest absolute Gasteiger partial charge is 0.416 e. The number of ether oxygens (including phenoxy) is 2. The average Bonchev–Trinajstić information content (AvgIpc) is 3.16. The molecule has 9 heteroatoms. The summed E-state index contributed by atoms with van der Waals surface area (Å²) in [6.07, 6.45) is -1.24. The van der Waals surface area contributed by atoms with Gasteiger partial charge < -0.3 is 14.8 Å². The van der Waals surface area contributed by atoms with Crippen molar-refractivity contribution in [1.29, 1.82) is 0 Å². The van der Waals surface area contributed by atoms with Crippen LogP contribution in [0.4, 0.5) is 18.9 Å². The van der Waals surface area contributed by atoms with Crippen LogP contribution in [-0.4, -0.2) is 25.1 Å². The normalized spacial score (nSPS) is 11.4. The van der Waals surface area contributed by atoms with E-state index in [2.05, 4.69) is 5.32 Å². The summed E-state index contributed by atoms with van der Waals surface area (Å²) in [5.74, 6) is -1.42. The predicted octanol–water partition coefficient (Wildman–Crippen LogP) is 4.75. The minimum Gasteiger partial charge on any atom is -0.491 e. The monoisotopic (exact) mass is 413 g/mol. The van der Waals surface area contributed by atoms with Crippen molar-refractivity contribution >= 4 is 35.0 Å². The molecule has 0 radical (unpaired) electrons. The Balaban J connectivity index is 1.99. The summed E-state index contributed by atoms with van der Waals surface area (Å²) in [4.78, 5) is 23.6. The number of halogens is 3. The van der Waals surface area contributed by atoms with Crippen LogP contribution in [0.15, 0.2) is 41.1 Å². The molecule has 1 heterocycles. The number of carbonyl (C=O) groups is 2. The standard InChI is InChI=1S/C19H18F3NO4S/c1-2-8-26-16-5-4-14(19(20,21)22)10-15(16)23-17(24)11-27-18(25)6-3-13-7-9-28-12-13/h3-7,9-10,12H,2,8,11H2,1H3,(H,23,24)/b6-3+. The summed E-state index contributed by atoms with van der Waals surface area (Å²) in [6, 6.07) is 4.59. The number of rotatable bonds is 8. The molecule has 150 valence electrons. The van der Waals surface area contributed by atoms with Crippen molar-refractivity contribution in [3.8, 4) is 5.75 Å². The van der Waals surface area contributed by atoms with Crippen LogP contribution >= 0.6 is 11.3 Å². The van der Waals surface area contributed by atoms with Gasteiger partial charge in [0.25, 0.3) is 5.91 Å². The summed E-state index contributed by atoms with van der Waals surface area (Å²) in [7, 11) is 0. The van der Waals surface area contributed by atoms with E-state index < -0.39 is 30.2 Å². The van der Waals surface area contributed by atoms with Gasteiger partial charge in [-0.1, -0.05) is 6.92 Å². The molecule has 1 aromatic carbocycles. The number of benzene rings is 1. The number of alkyl halides is 3. The Kier molecular flexibility index (Phi) is 7.62. The van der Waals surface area contributed by atoms with Gasteiger partial charge in [-0.05, 0) is 53.1 Å². The Hall–Kier alpha value is -2.81. The van der Waals surface area contributed by atoms with E-state index in [0.29, 0.717) is 6.42 Å². The minimum absolute atomic E-state index is 0.104. The van der Waals surface area contributed by atoms with Crippen molar-refractivity contribution in [3.05, 3.63) is 52.2 Å². The third-order valence-corrected chi connectivity index (χ3v) is 4.04. The van der Waals surface area contributed by atoms with Gasteiger partial charge in [-0.25, -0.2) is 4.79 Å². The van der Waals surface area contributed by atoms with E-state index in [1.54, 1.807) is 6.07 Å². The van der Waals surface area contributed by atoms with Crippen molar-refractivity contribution in [1.82, 2.24) is 0 Å². The first-order valence-corrected chi connectivity index (χ1v) is 9.25. The average molecular weight is 413 g/mol. The van der Waals surface area contributed by atoms with Crippen LogP contribution < -0.4 is 10.1 Å². The fraction of sp³-hybridized carbons (Fsp3) is 0.263. The van der Waals surface area contributed by atoms with Crippen LogP contribution in [0, 0.1) is 0 Å². The molecule has 0 saturated heterocycles. The Morgan fingerprint density at radius 1 is 1.25 bits per heavy atom. The molecule has 0 atom stereocenters. The molecule has 1 N–H and O–H groups in total. The Labute approximate surface area is 163 Å². The lowest BCUT2D eigenvalue weighted by Crippen LogP contribution is -2.21. The van der Waals surface area contributed by atoms with Crippen LogP contribution in [0.2, 0.25) is 0 Å². The second-order valence-electron chi connectivity index (χ2n) is 5.60. The molecule has 0 fully saturated rings. The minimum atomic E-state index is -4.57. The van der Waals surface area contributed by atoms with Crippen molar-refractivity contribution in [2.45, 2.75) is 19.5 Å². The topological polar surface area (TPSA) is 64.6 Å². The van der Waals surface area contributed by atoms with Crippen molar-refractivity contribution < 1.29 is 32.2 Å². The zero-order valence-corrected chi connectivity index (χ0v) is 15.7. The Morgan fingerprint density at radius 2 is 2.04 bits per heavy atom. The van der Waals surface area contributed by atoms with Gasteiger partial charge in [-0.3, -0.25) is 4.79 Å². The molecule has 1 amide bonds. The summed E-state index contributed by atoms with van der Waals surface area (Å²) in [5.41, 5.74) is -0.256. The molecular weight excluding hydrogens is 395 g/mol. The predicted molar refractivity (Wildman–Crippen MR) is 100 cm³/mol. The highest BCUT2D eigenvalue weighted by Gasteiger charge is 2.31. The molecule has 5 nitrogen and oxygen atoms in total. The Morgan fingerprint density at radius 3 is 2.68 bits per heavy atom. The van der Waals surface area contributed by atoms with E-state index in [1.807, 2.05) is 17.7 Å². The maximum absolute atomic E-state index is 12.9. The molecule has 0 bridgehead atoms. The SMILES string of the molecule is CCCOc1ccc(C(F)(F)F)cc1NC(=O)COC(=O)/C=C/c1ccsc1. The van der Waals surface area contributed by atoms with Crippen LogP contribution in [0.3, 0.4) is 0 Å². The van der Waals surface area contributed by atoms with E-state index >= 15 is 0 Å². The molecule has 28 heavy (non-hydrogen) atoms. The number of hydrogen-bond donors (Lipinski definition) is 1. The lowest BCUT2D eigenvalue weighted by molar-refractivity contribution is -0.142. The van der Waals surface area contributed by atoms with Crippen LogP contribution in [-0.2, 0) is 20.5 Å². The fourth-order valence-electron chi connectivity index (χ4n) is 2.05. The highest BCUT2D eigenvalue weighted by Crippen LogP contribution is 2.35. The molecule has 0 saturated carbocycles. The fourth-order valence-corrected chi connectivity index (χ4v) is 2.68. The lowest BCUT2D eigenvalue weighted by atomic mass is 10.1.